The summed E-state index contributed by atoms with van der Waals surface area (Å²) in [5, 5.41) is 7.69. The largest absolute Gasteiger partial charge is 0.310 e. The zero-order valence-electron chi connectivity index (χ0n) is 21.8. The highest BCUT2D eigenvalue weighted by molar-refractivity contribution is 7.26. The van der Waals surface area contributed by atoms with Gasteiger partial charge in [0.05, 0.1) is 5.69 Å². The van der Waals surface area contributed by atoms with Gasteiger partial charge in [0.15, 0.2) is 0 Å². The van der Waals surface area contributed by atoms with E-state index in [0.717, 1.165) is 11.4 Å². The van der Waals surface area contributed by atoms with Gasteiger partial charge < -0.3 is 4.90 Å². The minimum atomic E-state index is 1.14. The molecule has 40 heavy (non-hydrogen) atoms. The Morgan fingerprint density at radius 3 is 1.88 bits per heavy atom. The molecular weight excluding hydrogens is 502 g/mol. The third-order valence-corrected chi connectivity index (χ3v) is 9.06. The van der Waals surface area contributed by atoms with Gasteiger partial charge in [-0.1, -0.05) is 115 Å². The van der Waals surface area contributed by atoms with Crippen molar-refractivity contribution in [3.8, 4) is 11.1 Å². The van der Waals surface area contributed by atoms with Crippen molar-refractivity contribution in [3.63, 3.8) is 0 Å². The van der Waals surface area contributed by atoms with Gasteiger partial charge in [0.2, 0.25) is 0 Å². The van der Waals surface area contributed by atoms with E-state index < -0.39 is 0 Å². The molecule has 0 aliphatic rings. The first-order chi connectivity index (χ1) is 19.8. The highest BCUT2D eigenvalue weighted by atomic mass is 32.1. The molecule has 1 nitrogen and oxygen atoms in total. The van der Waals surface area contributed by atoms with Crippen LogP contribution in [0.4, 0.5) is 17.1 Å². The first-order valence-electron chi connectivity index (χ1n) is 13.6. The molecule has 0 radical (unpaired) electrons. The summed E-state index contributed by atoms with van der Waals surface area (Å²) in [5.74, 6) is 0. The van der Waals surface area contributed by atoms with Gasteiger partial charge in [-0.25, -0.2) is 0 Å². The first kappa shape index (κ1) is 23.0. The third kappa shape index (κ3) is 3.69. The van der Waals surface area contributed by atoms with Crippen LogP contribution in [-0.2, 0) is 0 Å². The molecule has 0 N–H and O–H groups in total. The Labute approximate surface area is 237 Å². The maximum Gasteiger partial charge on any atom is 0.0546 e. The van der Waals surface area contributed by atoms with E-state index in [1.54, 1.807) is 0 Å². The van der Waals surface area contributed by atoms with Gasteiger partial charge in [0.1, 0.15) is 0 Å². The summed E-state index contributed by atoms with van der Waals surface area (Å²) >= 11 is 1.88. The van der Waals surface area contributed by atoms with Gasteiger partial charge in [0.25, 0.3) is 0 Å². The monoisotopic (exact) mass is 527 g/mol. The van der Waals surface area contributed by atoms with E-state index in [2.05, 4.69) is 157 Å². The van der Waals surface area contributed by atoms with Crippen LogP contribution in [0.15, 0.2) is 152 Å². The molecule has 188 valence electrons. The summed E-state index contributed by atoms with van der Waals surface area (Å²) in [6.07, 6.45) is 0. The van der Waals surface area contributed by atoms with Crippen molar-refractivity contribution in [3.05, 3.63) is 152 Å². The Bertz CT molecular complexity index is 2160. The Morgan fingerprint density at radius 2 is 1.05 bits per heavy atom. The van der Waals surface area contributed by atoms with Crippen molar-refractivity contribution in [2.24, 2.45) is 0 Å². The van der Waals surface area contributed by atoms with Crippen molar-refractivity contribution in [2.75, 3.05) is 4.90 Å². The zero-order valence-corrected chi connectivity index (χ0v) is 22.6. The summed E-state index contributed by atoms with van der Waals surface area (Å²) in [4.78, 5) is 2.39. The fourth-order valence-electron chi connectivity index (χ4n) is 5.99. The van der Waals surface area contributed by atoms with E-state index >= 15 is 0 Å². The average Bonchev–Trinajstić information content (AvgIpc) is 3.41. The van der Waals surface area contributed by atoms with Crippen LogP contribution < -0.4 is 4.90 Å². The van der Waals surface area contributed by atoms with E-state index in [4.69, 9.17) is 0 Å². The normalized spacial score (nSPS) is 11.5. The summed E-state index contributed by atoms with van der Waals surface area (Å²) < 4.78 is 2.68. The second kappa shape index (κ2) is 9.37. The van der Waals surface area contributed by atoms with Crippen molar-refractivity contribution in [1.82, 2.24) is 0 Å². The quantitative estimate of drug-likeness (QED) is 0.206. The first-order valence-corrected chi connectivity index (χ1v) is 14.4. The van der Waals surface area contributed by atoms with Crippen molar-refractivity contribution in [1.29, 1.82) is 0 Å². The maximum absolute atomic E-state index is 2.39. The van der Waals surface area contributed by atoms with E-state index in [9.17, 15) is 0 Å². The van der Waals surface area contributed by atoms with Crippen molar-refractivity contribution >= 4 is 70.1 Å². The molecule has 0 aliphatic carbocycles. The number of hydrogen-bond donors (Lipinski definition) is 0. The fraction of sp³-hybridized carbons (Fsp3) is 0. The van der Waals surface area contributed by atoms with Gasteiger partial charge in [-0.3, -0.25) is 0 Å². The zero-order chi connectivity index (χ0) is 26.5. The smallest absolute Gasteiger partial charge is 0.0546 e. The second-order valence-electron chi connectivity index (χ2n) is 10.2. The summed E-state index contributed by atoms with van der Waals surface area (Å²) in [5.41, 5.74) is 5.98. The molecule has 0 bridgehead atoms. The third-order valence-electron chi connectivity index (χ3n) is 7.84. The van der Waals surface area contributed by atoms with Crippen LogP contribution in [0.25, 0.3) is 52.8 Å². The van der Waals surface area contributed by atoms with Crippen LogP contribution >= 0.6 is 11.3 Å². The molecular formula is C38H25NS. The molecule has 0 spiro atoms. The Balaban J connectivity index is 1.31. The number of anilines is 3. The Hall–Kier alpha value is -4.92. The van der Waals surface area contributed by atoms with Crippen LogP contribution in [0.1, 0.15) is 0 Å². The molecule has 2 heteroatoms. The molecule has 0 amide bonds. The molecule has 7 aromatic carbocycles. The number of fused-ring (bicyclic) bond motifs is 6. The molecule has 0 fully saturated rings. The van der Waals surface area contributed by atoms with Crippen LogP contribution in [0.5, 0.6) is 0 Å². The summed E-state index contributed by atoms with van der Waals surface area (Å²) in [6, 6.07) is 54.9. The van der Waals surface area contributed by atoms with Gasteiger partial charge in [-0.2, -0.15) is 0 Å². The van der Waals surface area contributed by atoms with Gasteiger partial charge in [0, 0.05) is 36.9 Å². The van der Waals surface area contributed by atoms with Crippen molar-refractivity contribution < 1.29 is 0 Å². The number of para-hydroxylation sites is 1. The molecule has 8 rings (SSSR count). The molecule has 1 aromatic heterocycles. The van der Waals surface area contributed by atoms with Gasteiger partial charge >= 0.3 is 0 Å². The standard InChI is InChI=1S/C38H25NS/c1-2-12-28(13-3-1)39(36-25-27-11-4-5-14-30(27)32-15-6-7-16-33(32)36)29-23-21-26(22-24-29)31-18-10-19-35-34-17-8-9-20-37(34)40-38(31)35/h1-25H. The van der Waals surface area contributed by atoms with Crippen LogP contribution in [0.3, 0.4) is 0 Å². The van der Waals surface area contributed by atoms with Gasteiger partial charge in [-0.05, 0) is 63.7 Å². The van der Waals surface area contributed by atoms with Crippen LogP contribution in [0.2, 0.25) is 0 Å². The molecule has 0 atom stereocenters. The number of hydrogen-bond acceptors (Lipinski definition) is 2. The van der Waals surface area contributed by atoms with Crippen molar-refractivity contribution in [2.45, 2.75) is 0 Å². The predicted molar refractivity (Wildman–Crippen MR) is 174 cm³/mol. The molecule has 0 saturated heterocycles. The Kier molecular flexibility index (Phi) is 5.39. The van der Waals surface area contributed by atoms with E-state index in [-0.39, 0.29) is 0 Å². The molecule has 0 aliphatic heterocycles. The highest BCUT2D eigenvalue weighted by Gasteiger charge is 2.17. The SMILES string of the molecule is c1ccc(N(c2ccc(-c3cccc4c3sc3ccccc34)cc2)c2cc3ccccc3c3ccccc23)cc1. The Morgan fingerprint density at radius 1 is 0.425 bits per heavy atom. The summed E-state index contributed by atoms with van der Waals surface area (Å²) in [6.45, 7) is 0. The lowest BCUT2D eigenvalue weighted by Crippen LogP contribution is -2.10. The summed E-state index contributed by atoms with van der Waals surface area (Å²) in [7, 11) is 0. The van der Waals surface area contributed by atoms with E-state index in [0.29, 0.717) is 0 Å². The predicted octanol–water partition coefficient (Wildman–Crippen LogP) is 11.5. The van der Waals surface area contributed by atoms with Gasteiger partial charge in [-0.15, -0.1) is 11.3 Å². The minimum Gasteiger partial charge on any atom is -0.310 e. The molecule has 0 saturated carbocycles. The second-order valence-corrected chi connectivity index (χ2v) is 11.2. The lowest BCUT2D eigenvalue weighted by Gasteiger charge is -2.27. The highest BCUT2D eigenvalue weighted by Crippen LogP contribution is 2.43. The van der Waals surface area contributed by atoms with E-state index in [1.807, 2.05) is 11.3 Å². The number of thiophene rings is 1. The topological polar surface area (TPSA) is 3.24 Å². The van der Waals surface area contributed by atoms with Crippen LogP contribution in [-0.4, -0.2) is 0 Å². The molecule has 8 aromatic rings. The number of benzene rings is 7. The lowest BCUT2D eigenvalue weighted by molar-refractivity contribution is 1.30. The number of rotatable bonds is 4. The molecule has 0 unspecified atom stereocenters. The average molecular weight is 528 g/mol. The minimum absolute atomic E-state index is 1.14. The molecule has 1 heterocycles. The maximum atomic E-state index is 2.39. The fourth-order valence-corrected chi connectivity index (χ4v) is 7.23. The van der Waals surface area contributed by atoms with Crippen LogP contribution in [0, 0.1) is 0 Å². The number of nitrogens with zero attached hydrogens (tertiary/aromatic N) is 1. The van der Waals surface area contributed by atoms with E-state index in [1.165, 1.54) is 58.5 Å². The lowest BCUT2D eigenvalue weighted by atomic mass is 9.98.